The van der Waals surface area contributed by atoms with Gasteiger partial charge in [-0.1, -0.05) is 0 Å². The summed E-state index contributed by atoms with van der Waals surface area (Å²) in [5.74, 6) is 1.20. The summed E-state index contributed by atoms with van der Waals surface area (Å²) in [6.45, 7) is 7.61. The lowest BCUT2D eigenvalue weighted by Gasteiger charge is -2.30. The normalized spacial score (nSPS) is 18.1. The number of nitrogens with one attached hydrogen (secondary N) is 1. The topological polar surface area (TPSA) is 102 Å². The van der Waals surface area contributed by atoms with E-state index < -0.39 is 0 Å². The van der Waals surface area contributed by atoms with Crippen molar-refractivity contribution in [3.05, 3.63) is 0 Å². The molecule has 0 saturated carbocycles. The second kappa shape index (κ2) is 8.77. The quantitative estimate of drug-likeness (QED) is 0.675. The first-order chi connectivity index (χ1) is 12.3. The van der Waals surface area contributed by atoms with E-state index in [9.17, 15) is 4.79 Å². The van der Waals surface area contributed by atoms with Gasteiger partial charge in [0.05, 0.1) is 33.0 Å². The molecule has 3 rings (SSSR count). The van der Waals surface area contributed by atoms with Crippen LogP contribution in [-0.2, 0) is 19.0 Å². The monoisotopic (exact) mass is 352 g/mol. The summed E-state index contributed by atoms with van der Waals surface area (Å²) in [4.78, 5) is 29.2. The van der Waals surface area contributed by atoms with Gasteiger partial charge in [0.15, 0.2) is 0 Å². The van der Waals surface area contributed by atoms with Gasteiger partial charge in [-0.3, -0.25) is 4.79 Å². The molecular formula is C15H24N6O4. The Bertz CT molecular complexity index is 539. The molecule has 2 saturated heterocycles. The molecule has 0 aromatic carbocycles. The minimum atomic E-state index is -0.344. The minimum absolute atomic E-state index is 0.0168. The van der Waals surface area contributed by atoms with Crippen LogP contribution >= 0.6 is 0 Å². The summed E-state index contributed by atoms with van der Waals surface area (Å²) in [6.07, 6.45) is 0. The number of morpholine rings is 2. The third kappa shape index (κ3) is 4.89. The first-order valence-electron chi connectivity index (χ1n) is 8.57. The van der Waals surface area contributed by atoms with Crippen LogP contribution in [0.15, 0.2) is 0 Å². The Hall–Kier alpha value is -2.20. The number of hydrogen-bond acceptors (Lipinski definition) is 10. The zero-order valence-electron chi connectivity index (χ0n) is 14.4. The number of carbonyl (C=O) groups excluding carboxylic acids is 1. The molecule has 0 amide bonds. The SMILES string of the molecule is CCOC(=O)CNc1nc(N2CCOCC2)nc(N2CCOCC2)n1. The fourth-order valence-electron chi connectivity index (χ4n) is 2.61. The second-order valence-corrected chi connectivity index (χ2v) is 5.62. The van der Waals surface area contributed by atoms with E-state index in [1.54, 1.807) is 6.92 Å². The Kier molecular flexibility index (Phi) is 6.18. The number of aromatic nitrogens is 3. The van der Waals surface area contributed by atoms with Crippen LogP contribution in [0.3, 0.4) is 0 Å². The van der Waals surface area contributed by atoms with Crippen molar-refractivity contribution < 1.29 is 19.0 Å². The molecule has 0 radical (unpaired) electrons. The summed E-state index contributed by atoms with van der Waals surface area (Å²) in [6, 6.07) is 0. The Labute approximate surface area is 146 Å². The highest BCUT2D eigenvalue weighted by molar-refractivity contribution is 5.74. The summed E-state index contributed by atoms with van der Waals surface area (Å²) >= 11 is 0. The lowest BCUT2D eigenvalue weighted by atomic mass is 10.4. The molecule has 2 aliphatic heterocycles. The van der Waals surface area contributed by atoms with Gasteiger partial charge < -0.3 is 29.3 Å². The Balaban J connectivity index is 1.78. The molecule has 10 nitrogen and oxygen atoms in total. The van der Waals surface area contributed by atoms with Gasteiger partial charge in [-0.05, 0) is 6.92 Å². The Morgan fingerprint density at radius 2 is 1.52 bits per heavy atom. The van der Waals surface area contributed by atoms with Crippen LogP contribution in [0.1, 0.15) is 6.92 Å². The van der Waals surface area contributed by atoms with Crippen LogP contribution in [0.25, 0.3) is 0 Å². The highest BCUT2D eigenvalue weighted by Gasteiger charge is 2.20. The summed E-state index contributed by atoms with van der Waals surface area (Å²) < 4.78 is 15.7. The van der Waals surface area contributed by atoms with Crippen molar-refractivity contribution >= 4 is 23.8 Å². The fourth-order valence-corrected chi connectivity index (χ4v) is 2.61. The maximum atomic E-state index is 11.6. The first-order valence-corrected chi connectivity index (χ1v) is 8.57. The minimum Gasteiger partial charge on any atom is -0.465 e. The van der Waals surface area contributed by atoms with Gasteiger partial charge >= 0.3 is 5.97 Å². The molecule has 10 heteroatoms. The number of esters is 1. The van der Waals surface area contributed by atoms with Gasteiger partial charge in [-0.25, -0.2) is 0 Å². The molecular weight excluding hydrogens is 328 g/mol. The average molecular weight is 352 g/mol. The predicted molar refractivity (Wildman–Crippen MR) is 91.0 cm³/mol. The zero-order chi connectivity index (χ0) is 17.5. The van der Waals surface area contributed by atoms with E-state index in [1.165, 1.54) is 0 Å². The van der Waals surface area contributed by atoms with Crippen LogP contribution in [0.2, 0.25) is 0 Å². The molecule has 1 aromatic heterocycles. The summed E-state index contributed by atoms with van der Waals surface area (Å²) in [5.41, 5.74) is 0. The van der Waals surface area contributed by atoms with Crippen LogP contribution in [0.5, 0.6) is 0 Å². The smallest absolute Gasteiger partial charge is 0.325 e. The molecule has 0 unspecified atom stereocenters. The number of rotatable bonds is 6. The Morgan fingerprint density at radius 3 is 2.00 bits per heavy atom. The zero-order valence-corrected chi connectivity index (χ0v) is 14.4. The lowest BCUT2D eigenvalue weighted by molar-refractivity contribution is -0.140. The maximum Gasteiger partial charge on any atom is 0.325 e. The average Bonchev–Trinajstić information content (AvgIpc) is 2.68. The standard InChI is InChI=1S/C15H24N6O4/c1-2-25-12(22)11-16-13-17-14(20-3-7-23-8-4-20)19-15(18-13)21-5-9-24-10-6-21/h2-11H2,1H3,(H,16,17,18,19). The summed E-state index contributed by atoms with van der Waals surface area (Å²) in [7, 11) is 0. The van der Waals surface area contributed by atoms with E-state index in [0.29, 0.717) is 50.9 Å². The van der Waals surface area contributed by atoms with Gasteiger partial charge in [0.2, 0.25) is 17.8 Å². The molecule has 2 aliphatic rings. The molecule has 0 spiro atoms. The van der Waals surface area contributed by atoms with Crippen molar-refractivity contribution in [3.8, 4) is 0 Å². The molecule has 0 bridgehead atoms. The van der Waals surface area contributed by atoms with Crippen molar-refractivity contribution in [2.45, 2.75) is 6.92 Å². The molecule has 138 valence electrons. The third-order valence-electron chi connectivity index (χ3n) is 3.90. The fraction of sp³-hybridized carbons (Fsp3) is 0.733. The van der Waals surface area contributed by atoms with Crippen molar-refractivity contribution in [2.75, 3.05) is 80.9 Å². The molecule has 3 heterocycles. The van der Waals surface area contributed by atoms with Crippen LogP contribution < -0.4 is 15.1 Å². The van der Waals surface area contributed by atoms with E-state index in [0.717, 1.165) is 26.2 Å². The molecule has 25 heavy (non-hydrogen) atoms. The largest absolute Gasteiger partial charge is 0.465 e. The van der Waals surface area contributed by atoms with Crippen molar-refractivity contribution in [1.82, 2.24) is 15.0 Å². The van der Waals surface area contributed by atoms with Gasteiger partial charge in [-0.2, -0.15) is 15.0 Å². The number of hydrogen-bond donors (Lipinski definition) is 1. The van der Waals surface area contributed by atoms with Crippen LogP contribution in [0.4, 0.5) is 17.8 Å². The molecule has 0 aliphatic carbocycles. The molecule has 2 fully saturated rings. The van der Waals surface area contributed by atoms with Crippen molar-refractivity contribution in [1.29, 1.82) is 0 Å². The number of ether oxygens (including phenoxy) is 3. The van der Waals surface area contributed by atoms with Crippen LogP contribution in [-0.4, -0.2) is 86.7 Å². The summed E-state index contributed by atoms with van der Waals surface area (Å²) in [5, 5.41) is 2.94. The van der Waals surface area contributed by atoms with Crippen LogP contribution in [0, 0.1) is 0 Å². The van der Waals surface area contributed by atoms with E-state index in [4.69, 9.17) is 14.2 Å². The first kappa shape index (κ1) is 17.6. The third-order valence-corrected chi connectivity index (χ3v) is 3.90. The number of nitrogens with zero attached hydrogens (tertiary/aromatic N) is 5. The molecule has 1 N–H and O–H groups in total. The van der Waals surface area contributed by atoms with E-state index in [-0.39, 0.29) is 12.5 Å². The Morgan fingerprint density at radius 1 is 1.00 bits per heavy atom. The van der Waals surface area contributed by atoms with E-state index in [2.05, 4.69) is 30.1 Å². The molecule has 0 atom stereocenters. The van der Waals surface area contributed by atoms with Crippen molar-refractivity contribution in [2.24, 2.45) is 0 Å². The van der Waals surface area contributed by atoms with E-state index >= 15 is 0 Å². The number of carbonyl (C=O) groups is 1. The van der Waals surface area contributed by atoms with Gasteiger partial charge in [-0.15, -0.1) is 0 Å². The highest BCUT2D eigenvalue weighted by Crippen LogP contribution is 2.18. The van der Waals surface area contributed by atoms with Gasteiger partial charge in [0.25, 0.3) is 0 Å². The highest BCUT2D eigenvalue weighted by atomic mass is 16.5. The van der Waals surface area contributed by atoms with Crippen molar-refractivity contribution in [3.63, 3.8) is 0 Å². The van der Waals surface area contributed by atoms with E-state index in [1.807, 2.05) is 0 Å². The predicted octanol–water partition coefficient (Wildman–Crippen LogP) is -0.480. The molecule has 1 aromatic rings. The van der Waals surface area contributed by atoms with Gasteiger partial charge in [0.1, 0.15) is 6.54 Å². The number of anilines is 3. The second-order valence-electron chi connectivity index (χ2n) is 5.62. The maximum absolute atomic E-state index is 11.6. The van der Waals surface area contributed by atoms with Gasteiger partial charge in [0, 0.05) is 26.2 Å². The lowest BCUT2D eigenvalue weighted by Crippen LogP contribution is -2.40.